The van der Waals surface area contributed by atoms with Gasteiger partial charge in [0.25, 0.3) is 0 Å². The average molecular weight is 344 g/mol. The third kappa shape index (κ3) is 3.16. The van der Waals surface area contributed by atoms with Crippen molar-refractivity contribution in [1.82, 2.24) is 0 Å². The van der Waals surface area contributed by atoms with Crippen LogP contribution in [-0.2, 0) is 6.54 Å². The largest absolute Gasteiger partial charge is 0.224 e. The summed E-state index contributed by atoms with van der Waals surface area (Å²) in [5.74, 6) is 0. The third-order valence-electron chi connectivity index (χ3n) is 4.15. The van der Waals surface area contributed by atoms with Crippen LogP contribution in [0.2, 0.25) is 0 Å². The lowest BCUT2D eigenvalue weighted by Gasteiger charge is -2.18. The van der Waals surface area contributed by atoms with Gasteiger partial charge in [-0.3, -0.25) is 0 Å². The molecule has 0 unspecified atom stereocenters. The van der Waals surface area contributed by atoms with Crippen LogP contribution in [0, 0.1) is 4.91 Å². The monoisotopic (exact) mass is 344 g/mol. The Kier molecular flexibility index (Phi) is 4.27. The summed E-state index contributed by atoms with van der Waals surface area (Å²) in [6.45, 7) is 0.451. The predicted molar refractivity (Wildman–Crippen MR) is 106 cm³/mol. The summed E-state index contributed by atoms with van der Waals surface area (Å²) < 4.78 is 1.24. The van der Waals surface area contributed by atoms with E-state index >= 15 is 0 Å². The summed E-state index contributed by atoms with van der Waals surface area (Å²) in [4.78, 5) is 12.7. The fourth-order valence-electron chi connectivity index (χ4n) is 2.94. The highest BCUT2D eigenvalue weighted by atomic mass is 32.1. The van der Waals surface area contributed by atoms with Crippen LogP contribution in [-0.4, -0.2) is 0 Å². The first-order chi connectivity index (χ1) is 12.3. The smallest absolute Gasteiger partial charge is 0.0716 e. The molecule has 0 radical (unpaired) electrons. The van der Waals surface area contributed by atoms with Gasteiger partial charge in [-0.2, -0.15) is 0 Å². The lowest BCUT2D eigenvalue weighted by atomic mass is 10.1. The number of fused-ring (bicyclic) bond motifs is 1. The summed E-state index contributed by atoms with van der Waals surface area (Å²) in [5.41, 5.74) is 2.90. The molecule has 0 aliphatic heterocycles. The van der Waals surface area contributed by atoms with E-state index in [9.17, 15) is 4.91 Å². The predicted octanol–water partition coefficient (Wildman–Crippen LogP) is 6.26. The molecule has 0 amide bonds. The second-order valence-corrected chi connectivity index (χ2v) is 6.87. The zero-order valence-corrected chi connectivity index (χ0v) is 14.3. The Morgan fingerprint density at radius 1 is 0.840 bits per heavy atom. The molecular formula is C21H16N2OS. The number of benzene rings is 3. The molecule has 0 N–H and O–H groups in total. The Morgan fingerprint density at radius 3 is 2.36 bits per heavy atom. The van der Waals surface area contributed by atoms with Gasteiger partial charge in [0.05, 0.1) is 17.5 Å². The molecule has 0 atom stereocenters. The molecule has 3 aromatic carbocycles. The van der Waals surface area contributed by atoms with Crippen LogP contribution in [0.25, 0.3) is 20.5 Å². The molecule has 25 heavy (non-hydrogen) atoms. The molecule has 3 nitrogen and oxygen atoms in total. The third-order valence-corrected chi connectivity index (χ3v) is 5.30. The number of nitroso groups, excluding NO2 is 1. The zero-order valence-electron chi connectivity index (χ0n) is 13.5. The minimum atomic E-state index is 0.451. The molecule has 0 saturated carbocycles. The molecule has 0 bridgehead atoms. The Hall–Kier alpha value is -2.98. The lowest BCUT2D eigenvalue weighted by Crippen LogP contribution is -2.15. The summed E-state index contributed by atoms with van der Waals surface area (Å²) in [5, 5.41) is 6.02. The first kappa shape index (κ1) is 15.5. The van der Waals surface area contributed by atoms with Crippen LogP contribution in [0.1, 0.15) is 5.56 Å². The van der Waals surface area contributed by atoms with E-state index in [2.05, 4.69) is 23.5 Å². The van der Waals surface area contributed by atoms with Crippen LogP contribution in [0.3, 0.4) is 0 Å². The topological polar surface area (TPSA) is 32.7 Å². The van der Waals surface area contributed by atoms with Gasteiger partial charge in [-0.1, -0.05) is 66.7 Å². The summed E-state index contributed by atoms with van der Waals surface area (Å²) >= 11 is 1.73. The van der Waals surface area contributed by atoms with Gasteiger partial charge in [-0.25, -0.2) is 5.01 Å². The molecule has 0 saturated heterocycles. The number of hydrogen-bond acceptors (Lipinski definition) is 3. The van der Waals surface area contributed by atoms with E-state index in [0.717, 1.165) is 21.7 Å². The summed E-state index contributed by atoms with van der Waals surface area (Å²) in [7, 11) is 0. The van der Waals surface area contributed by atoms with Crippen molar-refractivity contribution < 1.29 is 0 Å². The minimum absolute atomic E-state index is 0.451. The van der Waals surface area contributed by atoms with E-state index in [4.69, 9.17) is 0 Å². The SMILES string of the molecule is O=NN(Cc1ccccc1)c1ccccc1-c1cc2ccccc2s1. The number of anilines is 1. The molecule has 0 aliphatic carbocycles. The molecule has 4 heteroatoms. The first-order valence-corrected chi connectivity index (χ1v) is 8.89. The van der Waals surface area contributed by atoms with E-state index in [0.29, 0.717) is 6.54 Å². The number of thiophene rings is 1. The van der Waals surface area contributed by atoms with Gasteiger partial charge in [-0.15, -0.1) is 16.2 Å². The zero-order chi connectivity index (χ0) is 17.1. The van der Waals surface area contributed by atoms with Gasteiger partial charge in [0, 0.05) is 15.1 Å². The van der Waals surface area contributed by atoms with Crippen molar-refractivity contribution in [1.29, 1.82) is 0 Å². The van der Waals surface area contributed by atoms with Crippen LogP contribution in [0.4, 0.5) is 5.69 Å². The number of hydrogen-bond donors (Lipinski definition) is 0. The van der Waals surface area contributed by atoms with E-state index < -0.39 is 0 Å². The van der Waals surface area contributed by atoms with Crippen molar-refractivity contribution in [2.45, 2.75) is 6.54 Å². The molecule has 0 spiro atoms. The maximum atomic E-state index is 11.5. The number of rotatable bonds is 5. The molecule has 0 fully saturated rings. The first-order valence-electron chi connectivity index (χ1n) is 8.08. The maximum Gasteiger partial charge on any atom is 0.0716 e. The standard InChI is InChI=1S/C21H16N2OS/c24-22-23(15-16-8-2-1-3-9-16)19-12-6-5-11-18(19)21-14-17-10-4-7-13-20(17)25-21/h1-14H,15H2. The normalized spacial score (nSPS) is 10.7. The van der Waals surface area contributed by atoms with Crippen molar-refractivity contribution in [3.05, 3.63) is 95.4 Å². The number of para-hydroxylation sites is 1. The van der Waals surface area contributed by atoms with Crippen molar-refractivity contribution in [2.75, 3.05) is 5.01 Å². The molecule has 4 rings (SSSR count). The Morgan fingerprint density at radius 2 is 1.56 bits per heavy atom. The van der Waals surface area contributed by atoms with Crippen molar-refractivity contribution >= 4 is 27.1 Å². The molecular weight excluding hydrogens is 328 g/mol. The van der Waals surface area contributed by atoms with E-state index in [1.165, 1.54) is 15.1 Å². The van der Waals surface area contributed by atoms with Crippen LogP contribution in [0.5, 0.6) is 0 Å². The van der Waals surface area contributed by atoms with Gasteiger partial charge < -0.3 is 0 Å². The lowest BCUT2D eigenvalue weighted by molar-refractivity contribution is 0.848. The Balaban J connectivity index is 1.76. The van der Waals surface area contributed by atoms with Gasteiger partial charge in [0.1, 0.15) is 0 Å². The van der Waals surface area contributed by atoms with Gasteiger partial charge >= 0.3 is 0 Å². The molecule has 1 heterocycles. The summed E-state index contributed by atoms with van der Waals surface area (Å²) in [6, 6.07) is 28.3. The van der Waals surface area contributed by atoms with Crippen molar-refractivity contribution in [2.24, 2.45) is 5.29 Å². The molecule has 122 valence electrons. The quantitative estimate of drug-likeness (QED) is 0.316. The van der Waals surface area contributed by atoms with E-state index in [-0.39, 0.29) is 0 Å². The second-order valence-electron chi connectivity index (χ2n) is 5.79. The van der Waals surface area contributed by atoms with Crippen LogP contribution in [0.15, 0.2) is 90.2 Å². The fraction of sp³-hybridized carbons (Fsp3) is 0.0476. The number of nitrogens with zero attached hydrogens (tertiary/aromatic N) is 2. The second kappa shape index (κ2) is 6.87. The minimum Gasteiger partial charge on any atom is -0.224 e. The van der Waals surface area contributed by atoms with Gasteiger partial charge in [0.15, 0.2) is 0 Å². The highest BCUT2D eigenvalue weighted by Crippen LogP contribution is 2.39. The van der Waals surface area contributed by atoms with Gasteiger partial charge in [0.2, 0.25) is 0 Å². The highest BCUT2D eigenvalue weighted by molar-refractivity contribution is 7.22. The fourth-order valence-corrected chi connectivity index (χ4v) is 4.03. The maximum absolute atomic E-state index is 11.5. The van der Waals surface area contributed by atoms with Crippen molar-refractivity contribution in [3.8, 4) is 10.4 Å². The van der Waals surface area contributed by atoms with Gasteiger partial charge in [-0.05, 0) is 29.1 Å². The Bertz CT molecular complexity index is 978. The van der Waals surface area contributed by atoms with Crippen LogP contribution < -0.4 is 5.01 Å². The van der Waals surface area contributed by atoms with Crippen LogP contribution >= 0.6 is 11.3 Å². The van der Waals surface area contributed by atoms with E-state index in [1.807, 2.05) is 66.7 Å². The summed E-state index contributed by atoms with van der Waals surface area (Å²) in [6.07, 6.45) is 0. The van der Waals surface area contributed by atoms with Crippen molar-refractivity contribution in [3.63, 3.8) is 0 Å². The highest BCUT2D eigenvalue weighted by Gasteiger charge is 2.15. The molecule has 1 aromatic heterocycles. The Labute approximate surface area is 150 Å². The molecule has 0 aliphatic rings. The molecule has 4 aromatic rings. The average Bonchev–Trinajstić information content (AvgIpc) is 3.11. The van der Waals surface area contributed by atoms with E-state index in [1.54, 1.807) is 11.3 Å².